The molecule has 2 heterocycles. The van der Waals surface area contributed by atoms with Crippen LogP contribution in [-0.4, -0.2) is 15.2 Å². The van der Waals surface area contributed by atoms with Crippen LogP contribution in [0.1, 0.15) is 11.3 Å². The van der Waals surface area contributed by atoms with Gasteiger partial charge in [0.15, 0.2) is 5.82 Å². The minimum atomic E-state index is -0.458. The van der Waals surface area contributed by atoms with E-state index in [1.165, 1.54) is 12.1 Å². The van der Waals surface area contributed by atoms with Gasteiger partial charge in [-0.25, -0.2) is 4.39 Å². The van der Waals surface area contributed by atoms with Gasteiger partial charge in [0.2, 0.25) is 0 Å². The van der Waals surface area contributed by atoms with Gasteiger partial charge in [0, 0.05) is 35.3 Å². The summed E-state index contributed by atoms with van der Waals surface area (Å²) in [5, 5.41) is 13.9. The monoisotopic (exact) mass is 364 g/mol. The van der Waals surface area contributed by atoms with Crippen molar-refractivity contribution in [2.45, 2.75) is 6.42 Å². The summed E-state index contributed by atoms with van der Waals surface area (Å²) in [7, 11) is 0. The quantitative estimate of drug-likeness (QED) is 0.544. The maximum atomic E-state index is 13.4. The molecule has 128 valence electrons. The molecule has 2 aromatic heterocycles. The third kappa shape index (κ3) is 3.34. The highest BCUT2D eigenvalue weighted by molar-refractivity contribution is 6.31. The molecule has 4 aromatic rings. The smallest absolute Gasteiger partial charge is 0.160 e. The zero-order chi connectivity index (χ0) is 17.9. The molecular formula is C20H14ClFN4. The number of rotatable bonds is 4. The fourth-order valence-electron chi connectivity index (χ4n) is 2.79. The lowest BCUT2D eigenvalue weighted by atomic mass is 10.0. The SMILES string of the molecule is Fc1ccc(Nc2nnc(Cc3ccncc3)c3ccccc23)cc1Cl. The average molecular weight is 365 g/mol. The first-order valence-corrected chi connectivity index (χ1v) is 8.44. The molecule has 0 spiro atoms. The van der Waals surface area contributed by atoms with E-state index in [2.05, 4.69) is 20.5 Å². The molecule has 0 aliphatic rings. The second kappa shape index (κ2) is 7.06. The van der Waals surface area contributed by atoms with E-state index in [9.17, 15) is 4.39 Å². The number of fused-ring (bicyclic) bond motifs is 1. The second-order valence-electron chi connectivity index (χ2n) is 5.83. The third-order valence-electron chi connectivity index (χ3n) is 4.07. The number of hydrogen-bond acceptors (Lipinski definition) is 4. The molecule has 1 N–H and O–H groups in total. The number of nitrogens with zero attached hydrogens (tertiary/aromatic N) is 3. The molecule has 0 aliphatic carbocycles. The summed E-state index contributed by atoms with van der Waals surface area (Å²) < 4.78 is 13.4. The molecule has 0 saturated heterocycles. The molecular weight excluding hydrogens is 351 g/mol. The van der Waals surface area contributed by atoms with Crippen molar-refractivity contribution in [2.24, 2.45) is 0 Å². The van der Waals surface area contributed by atoms with Crippen molar-refractivity contribution in [2.75, 3.05) is 5.32 Å². The van der Waals surface area contributed by atoms with E-state index in [0.29, 0.717) is 17.9 Å². The van der Waals surface area contributed by atoms with Crippen molar-refractivity contribution in [3.63, 3.8) is 0 Å². The Kier molecular flexibility index (Phi) is 4.46. The Morgan fingerprint density at radius 3 is 2.46 bits per heavy atom. The molecule has 0 atom stereocenters. The minimum absolute atomic E-state index is 0.0570. The molecule has 0 saturated carbocycles. The summed E-state index contributed by atoms with van der Waals surface area (Å²) in [6, 6.07) is 16.3. The van der Waals surface area contributed by atoms with Crippen LogP contribution in [-0.2, 0) is 6.42 Å². The van der Waals surface area contributed by atoms with Crippen LogP contribution in [0.5, 0.6) is 0 Å². The Balaban J connectivity index is 1.73. The number of aromatic nitrogens is 3. The molecule has 0 amide bonds. The molecule has 0 fully saturated rings. The lowest BCUT2D eigenvalue weighted by molar-refractivity contribution is 0.628. The standard InChI is InChI=1S/C20H14ClFN4/c21-17-12-14(5-6-18(17)22)24-20-16-4-2-1-3-15(16)19(25-26-20)11-13-7-9-23-10-8-13/h1-10,12H,11H2,(H,24,26). The first-order valence-electron chi connectivity index (χ1n) is 8.06. The molecule has 4 nitrogen and oxygen atoms in total. The largest absolute Gasteiger partial charge is 0.338 e. The third-order valence-corrected chi connectivity index (χ3v) is 4.36. The average Bonchev–Trinajstić information content (AvgIpc) is 2.67. The number of hydrogen-bond donors (Lipinski definition) is 1. The van der Waals surface area contributed by atoms with Crippen molar-refractivity contribution in [1.82, 2.24) is 15.2 Å². The van der Waals surface area contributed by atoms with E-state index in [1.54, 1.807) is 18.5 Å². The maximum Gasteiger partial charge on any atom is 0.160 e. The topological polar surface area (TPSA) is 50.7 Å². The van der Waals surface area contributed by atoms with Gasteiger partial charge in [-0.1, -0.05) is 35.9 Å². The van der Waals surface area contributed by atoms with Crippen LogP contribution in [0.3, 0.4) is 0 Å². The summed E-state index contributed by atoms with van der Waals surface area (Å²) in [4.78, 5) is 4.04. The van der Waals surface area contributed by atoms with Gasteiger partial charge in [0.05, 0.1) is 10.7 Å². The predicted octanol–water partition coefficient (Wildman–Crippen LogP) is 5.15. The van der Waals surface area contributed by atoms with Crippen LogP contribution in [0.2, 0.25) is 5.02 Å². The zero-order valence-corrected chi connectivity index (χ0v) is 14.4. The second-order valence-corrected chi connectivity index (χ2v) is 6.23. The predicted molar refractivity (Wildman–Crippen MR) is 101 cm³/mol. The first kappa shape index (κ1) is 16.4. The van der Waals surface area contributed by atoms with E-state index < -0.39 is 5.82 Å². The number of halogens is 2. The van der Waals surface area contributed by atoms with Gasteiger partial charge in [0.25, 0.3) is 0 Å². The first-order chi connectivity index (χ1) is 12.7. The van der Waals surface area contributed by atoms with Gasteiger partial charge in [-0.15, -0.1) is 5.10 Å². The fourth-order valence-corrected chi connectivity index (χ4v) is 2.97. The van der Waals surface area contributed by atoms with E-state index in [0.717, 1.165) is 22.0 Å². The summed E-state index contributed by atoms with van der Waals surface area (Å²) in [5.41, 5.74) is 2.65. The van der Waals surface area contributed by atoms with Gasteiger partial charge in [-0.3, -0.25) is 4.98 Å². The highest BCUT2D eigenvalue weighted by Gasteiger charge is 2.11. The molecule has 2 aromatic carbocycles. The number of nitrogens with one attached hydrogen (secondary N) is 1. The molecule has 26 heavy (non-hydrogen) atoms. The van der Waals surface area contributed by atoms with E-state index in [-0.39, 0.29) is 5.02 Å². The van der Waals surface area contributed by atoms with Gasteiger partial charge < -0.3 is 5.32 Å². The summed E-state index contributed by atoms with van der Waals surface area (Å²) >= 11 is 5.86. The lowest BCUT2D eigenvalue weighted by Gasteiger charge is -2.11. The summed E-state index contributed by atoms with van der Waals surface area (Å²) in [6.07, 6.45) is 4.19. The van der Waals surface area contributed by atoms with Crippen molar-refractivity contribution in [3.8, 4) is 0 Å². The van der Waals surface area contributed by atoms with Gasteiger partial charge in [-0.05, 0) is 35.9 Å². The Labute approximate surface area is 154 Å². The van der Waals surface area contributed by atoms with E-state index >= 15 is 0 Å². The van der Waals surface area contributed by atoms with Crippen LogP contribution < -0.4 is 5.32 Å². The highest BCUT2D eigenvalue weighted by atomic mass is 35.5. The number of pyridine rings is 1. The van der Waals surface area contributed by atoms with Crippen molar-refractivity contribution >= 4 is 33.9 Å². The van der Waals surface area contributed by atoms with Gasteiger partial charge in [0.1, 0.15) is 5.82 Å². The van der Waals surface area contributed by atoms with Gasteiger partial charge >= 0.3 is 0 Å². The Hall–Kier alpha value is -3.05. The molecule has 0 unspecified atom stereocenters. The normalized spacial score (nSPS) is 10.8. The highest BCUT2D eigenvalue weighted by Crippen LogP contribution is 2.28. The Morgan fingerprint density at radius 2 is 1.69 bits per heavy atom. The maximum absolute atomic E-state index is 13.4. The van der Waals surface area contributed by atoms with Crippen molar-refractivity contribution < 1.29 is 4.39 Å². The molecule has 6 heteroatoms. The number of benzene rings is 2. The van der Waals surface area contributed by atoms with Crippen LogP contribution >= 0.6 is 11.6 Å². The lowest BCUT2D eigenvalue weighted by Crippen LogP contribution is -2.02. The summed E-state index contributed by atoms with van der Waals surface area (Å²) in [6.45, 7) is 0. The van der Waals surface area contributed by atoms with Crippen LogP contribution in [0.4, 0.5) is 15.9 Å². The van der Waals surface area contributed by atoms with Crippen LogP contribution in [0.25, 0.3) is 10.8 Å². The molecule has 4 rings (SSSR count). The molecule has 0 bridgehead atoms. The van der Waals surface area contributed by atoms with Crippen LogP contribution in [0.15, 0.2) is 67.0 Å². The summed E-state index contributed by atoms with van der Waals surface area (Å²) in [5.74, 6) is 0.141. The van der Waals surface area contributed by atoms with Crippen LogP contribution in [0, 0.1) is 5.82 Å². The Bertz CT molecular complexity index is 1070. The van der Waals surface area contributed by atoms with E-state index in [4.69, 9.17) is 11.6 Å². The molecule has 0 aliphatic heterocycles. The molecule has 0 radical (unpaired) electrons. The zero-order valence-electron chi connectivity index (χ0n) is 13.7. The minimum Gasteiger partial charge on any atom is -0.338 e. The van der Waals surface area contributed by atoms with E-state index in [1.807, 2.05) is 36.4 Å². The fraction of sp³-hybridized carbons (Fsp3) is 0.0500. The van der Waals surface area contributed by atoms with Crippen molar-refractivity contribution in [1.29, 1.82) is 0 Å². The van der Waals surface area contributed by atoms with Crippen molar-refractivity contribution in [3.05, 3.63) is 89.1 Å². The van der Waals surface area contributed by atoms with Gasteiger partial charge in [-0.2, -0.15) is 5.10 Å². The number of anilines is 2. The Morgan fingerprint density at radius 1 is 0.923 bits per heavy atom.